The zero-order valence-corrected chi connectivity index (χ0v) is 10.5. The third-order valence-electron chi connectivity index (χ3n) is 2.96. The van der Waals surface area contributed by atoms with Gasteiger partial charge in [-0.2, -0.15) is 0 Å². The second-order valence-electron chi connectivity index (χ2n) is 4.08. The molecule has 1 rings (SSSR count). The SMILES string of the molecule is CCC(C)(NCc1cccnc1OC)C(N)=O. The van der Waals surface area contributed by atoms with Gasteiger partial charge in [0.2, 0.25) is 11.8 Å². The zero-order chi connectivity index (χ0) is 12.9. The predicted molar refractivity (Wildman–Crippen MR) is 65.5 cm³/mol. The molecule has 0 aliphatic carbocycles. The molecule has 5 heteroatoms. The Hall–Kier alpha value is -1.62. The second kappa shape index (κ2) is 5.63. The van der Waals surface area contributed by atoms with Gasteiger partial charge in [-0.25, -0.2) is 4.98 Å². The molecule has 0 saturated carbocycles. The molecule has 1 amide bonds. The number of nitrogens with two attached hydrogens (primary N) is 1. The van der Waals surface area contributed by atoms with Gasteiger partial charge in [-0.3, -0.25) is 10.1 Å². The van der Waals surface area contributed by atoms with Gasteiger partial charge < -0.3 is 10.5 Å². The molecule has 17 heavy (non-hydrogen) atoms. The van der Waals surface area contributed by atoms with E-state index in [-0.39, 0.29) is 5.91 Å². The molecule has 0 bridgehead atoms. The first-order chi connectivity index (χ1) is 8.03. The van der Waals surface area contributed by atoms with Crippen molar-refractivity contribution in [2.24, 2.45) is 5.73 Å². The fourth-order valence-electron chi connectivity index (χ4n) is 1.42. The van der Waals surface area contributed by atoms with E-state index in [9.17, 15) is 4.79 Å². The predicted octanol–water partition coefficient (Wildman–Crippen LogP) is 0.834. The fourth-order valence-corrected chi connectivity index (χ4v) is 1.42. The van der Waals surface area contributed by atoms with Crippen molar-refractivity contribution in [3.8, 4) is 5.88 Å². The van der Waals surface area contributed by atoms with Crippen LogP contribution >= 0.6 is 0 Å². The van der Waals surface area contributed by atoms with Gasteiger partial charge in [-0.05, 0) is 19.4 Å². The van der Waals surface area contributed by atoms with Gasteiger partial charge in [0, 0.05) is 18.3 Å². The van der Waals surface area contributed by atoms with E-state index in [1.807, 2.05) is 19.1 Å². The van der Waals surface area contributed by atoms with E-state index in [4.69, 9.17) is 10.5 Å². The molecule has 0 radical (unpaired) electrons. The molecule has 0 aromatic carbocycles. The maximum absolute atomic E-state index is 11.3. The van der Waals surface area contributed by atoms with Crippen LogP contribution in [0.5, 0.6) is 5.88 Å². The summed E-state index contributed by atoms with van der Waals surface area (Å²) in [6, 6.07) is 3.73. The molecule has 1 aromatic heterocycles. The maximum Gasteiger partial charge on any atom is 0.237 e. The Kier molecular flexibility index (Phi) is 4.45. The van der Waals surface area contributed by atoms with Crippen LogP contribution in [0.3, 0.4) is 0 Å². The molecule has 1 heterocycles. The lowest BCUT2D eigenvalue weighted by Gasteiger charge is -2.26. The van der Waals surface area contributed by atoms with Crippen molar-refractivity contribution >= 4 is 5.91 Å². The summed E-state index contributed by atoms with van der Waals surface area (Å²) < 4.78 is 5.14. The lowest BCUT2D eigenvalue weighted by Crippen LogP contribution is -2.52. The maximum atomic E-state index is 11.3. The molecule has 0 aliphatic heterocycles. The quantitative estimate of drug-likeness (QED) is 0.768. The van der Waals surface area contributed by atoms with Crippen LogP contribution in [0.4, 0.5) is 0 Å². The first kappa shape index (κ1) is 13.4. The number of ether oxygens (including phenoxy) is 1. The molecule has 1 unspecified atom stereocenters. The van der Waals surface area contributed by atoms with Crippen molar-refractivity contribution < 1.29 is 9.53 Å². The van der Waals surface area contributed by atoms with Crippen LogP contribution in [0.25, 0.3) is 0 Å². The molecular formula is C12H19N3O2. The largest absolute Gasteiger partial charge is 0.481 e. The molecule has 5 nitrogen and oxygen atoms in total. The van der Waals surface area contributed by atoms with Crippen molar-refractivity contribution in [1.82, 2.24) is 10.3 Å². The first-order valence-corrected chi connectivity index (χ1v) is 5.56. The average Bonchev–Trinajstić information content (AvgIpc) is 2.36. The second-order valence-corrected chi connectivity index (χ2v) is 4.08. The minimum Gasteiger partial charge on any atom is -0.481 e. The van der Waals surface area contributed by atoms with E-state index in [1.54, 1.807) is 20.2 Å². The molecular weight excluding hydrogens is 218 g/mol. The van der Waals surface area contributed by atoms with Crippen LogP contribution in [0.2, 0.25) is 0 Å². The number of rotatable bonds is 6. The number of carbonyl (C=O) groups excluding carboxylic acids is 1. The van der Waals surface area contributed by atoms with Crippen molar-refractivity contribution in [1.29, 1.82) is 0 Å². The average molecular weight is 237 g/mol. The minimum atomic E-state index is -0.707. The smallest absolute Gasteiger partial charge is 0.237 e. The Labute approximate surface area is 101 Å². The summed E-state index contributed by atoms with van der Waals surface area (Å²) in [6.07, 6.45) is 2.29. The number of nitrogens with zero attached hydrogens (tertiary/aromatic N) is 1. The number of amides is 1. The minimum absolute atomic E-state index is 0.358. The third kappa shape index (κ3) is 3.17. The molecule has 0 fully saturated rings. The van der Waals surface area contributed by atoms with Crippen molar-refractivity contribution in [3.05, 3.63) is 23.9 Å². The highest BCUT2D eigenvalue weighted by Gasteiger charge is 2.28. The molecule has 0 saturated heterocycles. The number of carbonyl (C=O) groups is 1. The van der Waals surface area contributed by atoms with Crippen molar-refractivity contribution in [2.75, 3.05) is 7.11 Å². The van der Waals surface area contributed by atoms with Crippen molar-refractivity contribution in [2.45, 2.75) is 32.4 Å². The van der Waals surface area contributed by atoms with Crippen molar-refractivity contribution in [3.63, 3.8) is 0 Å². The summed E-state index contributed by atoms with van der Waals surface area (Å²) in [5.74, 6) is 0.200. The van der Waals surface area contributed by atoms with E-state index >= 15 is 0 Å². The summed E-state index contributed by atoms with van der Waals surface area (Å²) in [7, 11) is 1.57. The number of methoxy groups -OCH3 is 1. The Morgan fingerprint density at radius 3 is 2.88 bits per heavy atom. The Balaban J connectivity index is 2.76. The van der Waals surface area contributed by atoms with E-state index in [0.717, 1.165) is 5.56 Å². The number of hydrogen-bond acceptors (Lipinski definition) is 4. The number of aromatic nitrogens is 1. The van der Waals surface area contributed by atoms with Crippen LogP contribution in [0.1, 0.15) is 25.8 Å². The zero-order valence-electron chi connectivity index (χ0n) is 10.5. The fraction of sp³-hybridized carbons (Fsp3) is 0.500. The lowest BCUT2D eigenvalue weighted by atomic mass is 9.98. The van der Waals surface area contributed by atoms with Crippen LogP contribution in [0, 0.1) is 0 Å². The topological polar surface area (TPSA) is 77.2 Å². The Bertz CT molecular complexity index is 395. The number of nitrogens with one attached hydrogen (secondary N) is 1. The summed E-state index contributed by atoms with van der Waals surface area (Å²) in [5, 5.41) is 3.14. The summed E-state index contributed by atoms with van der Waals surface area (Å²) in [5.41, 5.74) is 5.56. The number of pyridine rings is 1. The van der Waals surface area contributed by atoms with Crippen LogP contribution in [-0.4, -0.2) is 23.5 Å². The molecule has 3 N–H and O–H groups in total. The molecule has 94 valence electrons. The Morgan fingerprint density at radius 2 is 2.35 bits per heavy atom. The molecule has 0 aliphatic rings. The highest BCUT2D eigenvalue weighted by atomic mass is 16.5. The highest BCUT2D eigenvalue weighted by Crippen LogP contribution is 2.16. The van der Waals surface area contributed by atoms with Gasteiger partial charge in [0.05, 0.1) is 12.6 Å². The first-order valence-electron chi connectivity index (χ1n) is 5.56. The third-order valence-corrected chi connectivity index (χ3v) is 2.96. The normalized spacial score (nSPS) is 14.1. The van der Waals surface area contributed by atoms with E-state index in [2.05, 4.69) is 10.3 Å². The Morgan fingerprint density at radius 1 is 1.65 bits per heavy atom. The van der Waals surface area contributed by atoms with E-state index in [1.165, 1.54) is 0 Å². The van der Waals surface area contributed by atoms with Crippen LogP contribution in [0.15, 0.2) is 18.3 Å². The van der Waals surface area contributed by atoms with Gasteiger partial charge >= 0.3 is 0 Å². The van der Waals surface area contributed by atoms with Gasteiger partial charge in [0.1, 0.15) is 0 Å². The summed E-state index contributed by atoms with van der Waals surface area (Å²) >= 11 is 0. The van der Waals surface area contributed by atoms with E-state index in [0.29, 0.717) is 18.8 Å². The van der Waals surface area contributed by atoms with Crippen LogP contribution < -0.4 is 15.8 Å². The van der Waals surface area contributed by atoms with Gasteiger partial charge in [-0.1, -0.05) is 13.0 Å². The highest BCUT2D eigenvalue weighted by molar-refractivity contribution is 5.84. The summed E-state index contributed by atoms with van der Waals surface area (Å²) in [6.45, 7) is 4.20. The molecule has 0 spiro atoms. The molecule has 1 atom stereocenters. The lowest BCUT2D eigenvalue weighted by molar-refractivity contribution is -0.124. The van der Waals surface area contributed by atoms with Crippen LogP contribution in [-0.2, 0) is 11.3 Å². The summed E-state index contributed by atoms with van der Waals surface area (Å²) in [4.78, 5) is 15.4. The van der Waals surface area contributed by atoms with Gasteiger partial charge in [0.25, 0.3) is 0 Å². The number of hydrogen-bond donors (Lipinski definition) is 2. The van der Waals surface area contributed by atoms with Gasteiger partial charge in [0.15, 0.2) is 0 Å². The van der Waals surface area contributed by atoms with E-state index < -0.39 is 5.54 Å². The van der Waals surface area contributed by atoms with Gasteiger partial charge in [-0.15, -0.1) is 0 Å². The molecule has 1 aromatic rings. The standard InChI is InChI=1S/C12H19N3O2/c1-4-12(2,11(13)16)15-8-9-6-5-7-14-10(9)17-3/h5-7,15H,4,8H2,1-3H3,(H2,13,16). The monoisotopic (exact) mass is 237 g/mol. The number of primary amides is 1.